The van der Waals surface area contributed by atoms with Gasteiger partial charge < -0.3 is 23.5 Å². The maximum absolute atomic E-state index is 13.8. The van der Waals surface area contributed by atoms with E-state index < -0.39 is 40.8 Å². The summed E-state index contributed by atoms with van der Waals surface area (Å²) in [5.41, 5.74) is -1.33. The molecule has 8 nitrogen and oxygen atoms in total. The number of hydrogen-bond donors (Lipinski definition) is 0. The van der Waals surface area contributed by atoms with Crippen molar-refractivity contribution >= 4 is 23.0 Å². The Kier molecular flexibility index (Phi) is 8.23. The molecule has 0 atom stereocenters. The van der Waals surface area contributed by atoms with Crippen LogP contribution in [0.2, 0.25) is 0 Å². The molecule has 0 bridgehead atoms. The minimum absolute atomic E-state index is 0.0881. The Bertz CT molecular complexity index is 1300. The summed E-state index contributed by atoms with van der Waals surface area (Å²) in [5, 5.41) is -0.208. The molecule has 1 heterocycles. The fraction of sp³-hybridized carbons (Fsp3) is 0.320. The van der Waals surface area contributed by atoms with Gasteiger partial charge in [0.1, 0.15) is 17.1 Å². The molecule has 0 fully saturated rings. The number of amides is 1. The van der Waals surface area contributed by atoms with Crippen LogP contribution in [0.4, 0.5) is 18.0 Å². The highest BCUT2D eigenvalue weighted by atomic mass is 19.4. The van der Waals surface area contributed by atoms with E-state index >= 15 is 0 Å². The van der Waals surface area contributed by atoms with E-state index in [0.717, 1.165) is 6.07 Å². The fourth-order valence-corrected chi connectivity index (χ4v) is 3.20. The molecule has 0 unspecified atom stereocenters. The predicted octanol–water partition coefficient (Wildman–Crippen LogP) is 6.01. The summed E-state index contributed by atoms with van der Waals surface area (Å²) < 4.78 is 61.9. The summed E-state index contributed by atoms with van der Waals surface area (Å²) in [7, 11) is 0. The van der Waals surface area contributed by atoms with E-state index in [9.17, 15) is 27.6 Å². The summed E-state index contributed by atoms with van der Waals surface area (Å²) >= 11 is 0. The second-order valence-electron chi connectivity index (χ2n) is 7.55. The van der Waals surface area contributed by atoms with Crippen LogP contribution in [-0.2, 0) is 10.9 Å². The predicted molar refractivity (Wildman–Crippen MR) is 124 cm³/mol. The number of ether oxygens (including phenoxy) is 3. The van der Waals surface area contributed by atoms with Gasteiger partial charge in [0.15, 0.2) is 0 Å². The Balaban J connectivity index is 1.97. The molecule has 36 heavy (non-hydrogen) atoms. The van der Waals surface area contributed by atoms with Gasteiger partial charge in [-0.15, -0.1) is 0 Å². The molecule has 0 aliphatic rings. The van der Waals surface area contributed by atoms with Crippen LogP contribution in [-0.4, -0.2) is 36.7 Å². The number of benzene rings is 2. The molecule has 0 saturated carbocycles. The summed E-state index contributed by atoms with van der Waals surface area (Å²) in [6.07, 6.45) is -5.13. The minimum atomic E-state index is -5.07. The number of rotatable bonds is 8. The number of hydrogen-bond acceptors (Lipinski definition) is 7. The van der Waals surface area contributed by atoms with Gasteiger partial charge in [-0.05, 0) is 56.7 Å². The van der Waals surface area contributed by atoms with Crippen LogP contribution in [0, 0.1) is 0 Å². The second-order valence-corrected chi connectivity index (χ2v) is 7.55. The SMILES string of the molecule is CCCOC(=O)c1ccc(Oc2c(C(F)(F)F)oc3cc(OC(=O)N(CC)CC)ccc3c2=O)cc1. The van der Waals surface area contributed by atoms with Gasteiger partial charge in [-0.1, -0.05) is 6.92 Å². The van der Waals surface area contributed by atoms with Crippen molar-refractivity contribution in [3.8, 4) is 17.2 Å². The zero-order valence-electron chi connectivity index (χ0n) is 19.8. The number of nitrogens with zero attached hydrogens (tertiary/aromatic N) is 1. The Hall–Kier alpha value is -4.02. The smallest absolute Gasteiger partial charge is 0.453 e. The standard InChI is InChI=1S/C25H24F3NO7/c1-4-13-33-23(31)15-7-9-16(10-8-15)34-21-20(30)18-12-11-17(35-24(32)29(5-2)6-3)14-19(18)36-22(21)25(26,27)28/h7-12,14H,4-6,13H2,1-3H3. The van der Waals surface area contributed by atoms with Crippen molar-refractivity contribution < 1.29 is 41.4 Å². The molecule has 1 aromatic heterocycles. The van der Waals surface area contributed by atoms with Crippen molar-refractivity contribution in [1.82, 2.24) is 4.90 Å². The first-order valence-corrected chi connectivity index (χ1v) is 11.2. The fourth-order valence-electron chi connectivity index (χ4n) is 3.20. The van der Waals surface area contributed by atoms with E-state index in [4.69, 9.17) is 18.6 Å². The van der Waals surface area contributed by atoms with Crippen molar-refractivity contribution in [3.63, 3.8) is 0 Å². The lowest BCUT2D eigenvalue weighted by Gasteiger charge is -2.18. The molecule has 192 valence electrons. The highest BCUT2D eigenvalue weighted by Gasteiger charge is 2.40. The molecule has 11 heteroatoms. The highest BCUT2D eigenvalue weighted by Crippen LogP contribution is 2.38. The average Bonchev–Trinajstić information content (AvgIpc) is 2.84. The first-order chi connectivity index (χ1) is 17.1. The molecule has 0 aliphatic heterocycles. The topological polar surface area (TPSA) is 95.3 Å². The molecule has 0 radical (unpaired) electrons. The average molecular weight is 507 g/mol. The van der Waals surface area contributed by atoms with Crippen LogP contribution >= 0.6 is 0 Å². The zero-order chi connectivity index (χ0) is 26.5. The maximum atomic E-state index is 13.8. The van der Waals surface area contributed by atoms with Gasteiger partial charge in [-0.25, -0.2) is 9.59 Å². The minimum Gasteiger partial charge on any atom is -0.462 e. The molecule has 3 aromatic rings. The molecule has 0 spiro atoms. The van der Waals surface area contributed by atoms with E-state index in [1.54, 1.807) is 13.8 Å². The molecular formula is C25H24F3NO7. The van der Waals surface area contributed by atoms with Crippen molar-refractivity contribution in [3.05, 3.63) is 64.0 Å². The molecule has 2 aromatic carbocycles. The van der Waals surface area contributed by atoms with Crippen LogP contribution in [0.15, 0.2) is 51.7 Å². The van der Waals surface area contributed by atoms with Crippen molar-refractivity contribution in [2.24, 2.45) is 0 Å². The summed E-state index contributed by atoms with van der Waals surface area (Å²) in [6, 6.07) is 8.58. The van der Waals surface area contributed by atoms with Gasteiger partial charge in [-0.3, -0.25) is 4.79 Å². The maximum Gasteiger partial charge on any atom is 0.453 e. The molecule has 0 N–H and O–H groups in total. The van der Waals surface area contributed by atoms with Crippen LogP contribution in [0.5, 0.6) is 17.2 Å². The summed E-state index contributed by atoms with van der Waals surface area (Å²) in [5.74, 6) is -3.52. The number of halogens is 3. The third-order valence-corrected chi connectivity index (χ3v) is 5.05. The normalized spacial score (nSPS) is 11.3. The lowest BCUT2D eigenvalue weighted by atomic mass is 10.2. The van der Waals surface area contributed by atoms with Crippen LogP contribution in [0.25, 0.3) is 11.0 Å². The largest absolute Gasteiger partial charge is 0.462 e. The molecule has 1 amide bonds. The van der Waals surface area contributed by atoms with E-state index in [2.05, 4.69) is 0 Å². The first-order valence-electron chi connectivity index (χ1n) is 11.2. The third-order valence-electron chi connectivity index (χ3n) is 5.05. The van der Waals surface area contributed by atoms with Gasteiger partial charge >= 0.3 is 18.2 Å². The van der Waals surface area contributed by atoms with Gasteiger partial charge in [-0.2, -0.15) is 13.2 Å². The van der Waals surface area contributed by atoms with E-state index in [1.165, 1.54) is 41.3 Å². The van der Waals surface area contributed by atoms with Gasteiger partial charge in [0.05, 0.1) is 17.6 Å². The zero-order valence-corrected chi connectivity index (χ0v) is 19.8. The van der Waals surface area contributed by atoms with Crippen LogP contribution in [0.3, 0.4) is 0 Å². The van der Waals surface area contributed by atoms with Crippen LogP contribution < -0.4 is 14.9 Å². The molecular weight excluding hydrogens is 483 g/mol. The van der Waals surface area contributed by atoms with Crippen LogP contribution in [0.1, 0.15) is 43.3 Å². The molecule has 0 saturated heterocycles. The van der Waals surface area contributed by atoms with Crippen molar-refractivity contribution in [2.45, 2.75) is 33.4 Å². The quantitative estimate of drug-likeness (QED) is 0.345. The first kappa shape index (κ1) is 26.6. The molecule has 0 aliphatic carbocycles. The third kappa shape index (κ3) is 5.96. The van der Waals surface area contributed by atoms with Crippen molar-refractivity contribution in [1.29, 1.82) is 0 Å². The van der Waals surface area contributed by atoms with Gasteiger partial charge in [0, 0.05) is 19.2 Å². The monoisotopic (exact) mass is 507 g/mol. The number of fused-ring (bicyclic) bond motifs is 1. The second kappa shape index (κ2) is 11.1. The Morgan fingerprint density at radius 3 is 2.19 bits per heavy atom. The number of carbonyl (C=O) groups excluding carboxylic acids is 2. The number of carbonyl (C=O) groups is 2. The Labute approximate surface area is 204 Å². The Morgan fingerprint density at radius 1 is 0.972 bits per heavy atom. The molecule has 3 rings (SSSR count). The lowest BCUT2D eigenvalue weighted by molar-refractivity contribution is -0.154. The van der Waals surface area contributed by atoms with E-state index in [0.29, 0.717) is 19.5 Å². The summed E-state index contributed by atoms with van der Waals surface area (Å²) in [4.78, 5) is 38.4. The van der Waals surface area contributed by atoms with Gasteiger partial charge in [0.2, 0.25) is 11.2 Å². The Morgan fingerprint density at radius 2 is 1.61 bits per heavy atom. The van der Waals surface area contributed by atoms with E-state index in [1.807, 2.05) is 6.92 Å². The number of alkyl halides is 3. The van der Waals surface area contributed by atoms with E-state index in [-0.39, 0.29) is 29.1 Å². The van der Waals surface area contributed by atoms with Crippen molar-refractivity contribution in [2.75, 3.05) is 19.7 Å². The summed E-state index contributed by atoms with van der Waals surface area (Å²) in [6.45, 7) is 6.29. The lowest BCUT2D eigenvalue weighted by Crippen LogP contribution is -2.33. The van der Waals surface area contributed by atoms with Gasteiger partial charge in [0.25, 0.3) is 5.76 Å². The highest BCUT2D eigenvalue weighted by molar-refractivity contribution is 5.89. The number of esters is 1.